The third kappa shape index (κ3) is 8.62. The summed E-state index contributed by atoms with van der Waals surface area (Å²) in [5.41, 5.74) is 1.77. The normalized spacial score (nSPS) is 12.6. The molecule has 0 aliphatic rings. The van der Waals surface area contributed by atoms with Crippen molar-refractivity contribution in [1.29, 1.82) is 0 Å². The van der Waals surface area contributed by atoms with Crippen molar-refractivity contribution in [2.75, 3.05) is 10.8 Å². The van der Waals surface area contributed by atoms with E-state index in [0.29, 0.717) is 22.0 Å². The smallest absolute Gasteiger partial charge is 0.264 e. The Hall–Kier alpha value is -3.85. The number of carbonyl (C=O) groups is 2. The summed E-state index contributed by atoms with van der Waals surface area (Å²) in [4.78, 5) is 29.8. The number of carbonyl (C=O) groups excluding carboxylic acids is 2. The fraction of sp³-hybridized carbons (Fsp3) is 0.235. The average Bonchev–Trinajstić information content (AvgIpc) is 3.02. The predicted octanol–water partition coefficient (Wildman–Crippen LogP) is 6.74. The lowest BCUT2D eigenvalue weighted by Gasteiger charge is -2.34. The molecule has 0 aliphatic carbocycles. The lowest BCUT2D eigenvalue weighted by Crippen LogP contribution is -2.54. The summed E-state index contributed by atoms with van der Waals surface area (Å²) < 4.78 is 29.0. The summed E-state index contributed by atoms with van der Waals surface area (Å²) in [7, 11) is -4.20. The van der Waals surface area contributed by atoms with Gasteiger partial charge in [-0.3, -0.25) is 13.9 Å². The van der Waals surface area contributed by atoms with E-state index in [1.165, 1.54) is 23.1 Å². The van der Waals surface area contributed by atoms with Crippen LogP contribution in [0.4, 0.5) is 5.69 Å². The maximum Gasteiger partial charge on any atom is 0.264 e. The number of hydrogen-bond acceptors (Lipinski definition) is 4. The topological polar surface area (TPSA) is 86.8 Å². The highest BCUT2D eigenvalue weighted by atomic mass is 35.5. The van der Waals surface area contributed by atoms with Crippen molar-refractivity contribution in [2.45, 2.75) is 50.2 Å². The van der Waals surface area contributed by atoms with Crippen molar-refractivity contribution < 1.29 is 18.0 Å². The average molecular weight is 653 g/mol. The zero-order valence-corrected chi connectivity index (χ0v) is 26.9. The molecule has 1 N–H and O–H groups in total. The van der Waals surface area contributed by atoms with Crippen molar-refractivity contribution in [2.24, 2.45) is 0 Å². The standard InChI is InChI=1S/C34H35Cl2N3O4S/c1-3-25(2)37-34(41)32(21-26-12-6-4-7-13-26)38(23-27-14-10-15-28(35)20-27)33(40)24-39(30-17-11-16-29(36)22-30)44(42,43)31-18-8-5-9-19-31/h4-20,22,25,32H,3,21,23-24H2,1-2H3,(H,37,41)/t25-,32-/m0/s1. The number of halogens is 2. The first-order valence-electron chi connectivity index (χ1n) is 14.3. The quantitative estimate of drug-likeness (QED) is 0.173. The van der Waals surface area contributed by atoms with Crippen molar-refractivity contribution >= 4 is 50.7 Å². The number of rotatable bonds is 13. The van der Waals surface area contributed by atoms with Crippen LogP contribution in [0.1, 0.15) is 31.4 Å². The lowest BCUT2D eigenvalue weighted by atomic mass is 10.0. The van der Waals surface area contributed by atoms with Crippen molar-refractivity contribution in [3.05, 3.63) is 130 Å². The van der Waals surface area contributed by atoms with E-state index in [4.69, 9.17) is 23.2 Å². The first kappa shape index (κ1) is 33.1. The number of nitrogens with one attached hydrogen (secondary N) is 1. The Balaban J connectivity index is 1.80. The van der Waals surface area contributed by atoms with Gasteiger partial charge in [0.05, 0.1) is 10.6 Å². The SMILES string of the molecule is CC[C@H](C)NC(=O)[C@H](Cc1ccccc1)N(Cc1cccc(Cl)c1)C(=O)CN(c1cccc(Cl)c1)S(=O)(=O)c1ccccc1. The molecule has 2 atom stereocenters. The number of benzene rings is 4. The maximum atomic E-state index is 14.4. The molecule has 0 fully saturated rings. The van der Waals surface area contributed by atoms with Crippen LogP contribution in [0.2, 0.25) is 10.0 Å². The molecule has 0 saturated carbocycles. The second-order valence-corrected chi connectivity index (χ2v) is 13.2. The molecule has 0 aliphatic heterocycles. The van der Waals surface area contributed by atoms with Crippen LogP contribution in [0.3, 0.4) is 0 Å². The van der Waals surface area contributed by atoms with E-state index < -0.39 is 28.5 Å². The highest BCUT2D eigenvalue weighted by molar-refractivity contribution is 7.92. The van der Waals surface area contributed by atoms with Crippen molar-refractivity contribution in [3.8, 4) is 0 Å². The van der Waals surface area contributed by atoms with E-state index in [-0.39, 0.29) is 35.5 Å². The molecule has 0 unspecified atom stereocenters. The molecule has 0 saturated heterocycles. The minimum atomic E-state index is -4.20. The van der Waals surface area contributed by atoms with Crippen LogP contribution in [0.25, 0.3) is 0 Å². The van der Waals surface area contributed by atoms with E-state index in [9.17, 15) is 18.0 Å². The van der Waals surface area contributed by atoms with Crippen LogP contribution in [0.5, 0.6) is 0 Å². The Kier molecular flexibility index (Phi) is 11.4. The van der Waals surface area contributed by atoms with Gasteiger partial charge in [-0.05, 0) is 66.9 Å². The number of nitrogens with zero attached hydrogens (tertiary/aromatic N) is 2. The Morgan fingerprint density at radius 2 is 1.39 bits per heavy atom. The van der Waals surface area contributed by atoms with Gasteiger partial charge in [-0.2, -0.15) is 0 Å². The van der Waals surface area contributed by atoms with E-state index in [1.54, 1.807) is 54.6 Å². The van der Waals surface area contributed by atoms with Gasteiger partial charge < -0.3 is 10.2 Å². The summed E-state index contributed by atoms with van der Waals surface area (Å²) in [6.07, 6.45) is 0.919. The Bertz CT molecular complexity index is 1670. The van der Waals surface area contributed by atoms with Crippen molar-refractivity contribution in [3.63, 3.8) is 0 Å². The highest BCUT2D eigenvalue weighted by Gasteiger charge is 2.35. The van der Waals surface area contributed by atoms with Crippen LogP contribution < -0.4 is 9.62 Å². The van der Waals surface area contributed by atoms with Crippen LogP contribution in [0, 0.1) is 0 Å². The molecule has 44 heavy (non-hydrogen) atoms. The summed E-state index contributed by atoms with van der Waals surface area (Å²) in [5, 5.41) is 3.81. The molecular weight excluding hydrogens is 617 g/mol. The van der Waals surface area contributed by atoms with Gasteiger partial charge in [0.25, 0.3) is 10.0 Å². The number of anilines is 1. The monoisotopic (exact) mass is 651 g/mol. The van der Waals surface area contributed by atoms with E-state index in [2.05, 4.69) is 5.32 Å². The second kappa shape index (κ2) is 15.2. The van der Waals surface area contributed by atoms with Crippen LogP contribution in [-0.4, -0.2) is 43.8 Å². The van der Waals surface area contributed by atoms with E-state index >= 15 is 0 Å². The zero-order chi connectivity index (χ0) is 31.7. The van der Waals surface area contributed by atoms with Gasteiger partial charge >= 0.3 is 0 Å². The Labute approximate surface area is 269 Å². The number of hydrogen-bond donors (Lipinski definition) is 1. The molecule has 0 spiro atoms. The Morgan fingerprint density at radius 1 is 0.795 bits per heavy atom. The van der Waals surface area contributed by atoms with Gasteiger partial charge in [0.2, 0.25) is 11.8 Å². The maximum absolute atomic E-state index is 14.4. The molecule has 7 nitrogen and oxygen atoms in total. The first-order chi connectivity index (χ1) is 21.1. The molecule has 4 rings (SSSR count). The fourth-order valence-electron chi connectivity index (χ4n) is 4.71. The molecule has 10 heteroatoms. The lowest BCUT2D eigenvalue weighted by molar-refractivity contribution is -0.140. The summed E-state index contributed by atoms with van der Waals surface area (Å²) >= 11 is 12.6. The van der Waals surface area contributed by atoms with Crippen LogP contribution in [0.15, 0.2) is 114 Å². The third-order valence-electron chi connectivity index (χ3n) is 7.22. The third-order valence-corrected chi connectivity index (χ3v) is 9.48. The molecule has 0 heterocycles. The number of amides is 2. The highest BCUT2D eigenvalue weighted by Crippen LogP contribution is 2.27. The van der Waals surface area contributed by atoms with Crippen molar-refractivity contribution in [1.82, 2.24) is 10.2 Å². The fourth-order valence-corrected chi connectivity index (χ4v) is 6.53. The predicted molar refractivity (Wildman–Crippen MR) is 176 cm³/mol. The molecule has 0 radical (unpaired) electrons. The van der Waals surface area contributed by atoms with Gasteiger partial charge in [-0.15, -0.1) is 0 Å². The largest absolute Gasteiger partial charge is 0.352 e. The molecule has 0 bridgehead atoms. The summed E-state index contributed by atoms with van der Waals surface area (Å²) in [6.45, 7) is 3.32. The van der Waals surface area contributed by atoms with E-state index in [1.807, 2.05) is 50.2 Å². The molecule has 230 valence electrons. The zero-order valence-electron chi connectivity index (χ0n) is 24.6. The molecule has 0 aromatic heterocycles. The molecule has 2 amide bonds. The minimum Gasteiger partial charge on any atom is -0.352 e. The second-order valence-electron chi connectivity index (χ2n) is 10.5. The molecule has 4 aromatic rings. The van der Waals surface area contributed by atoms with Crippen LogP contribution in [-0.2, 0) is 32.6 Å². The molecular formula is C34H35Cl2N3O4S. The van der Waals surface area contributed by atoms with Crippen LogP contribution >= 0.6 is 23.2 Å². The minimum absolute atomic E-state index is 0.0181. The summed E-state index contributed by atoms with van der Waals surface area (Å²) in [5.74, 6) is -0.900. The number of sulfonamides is 1. The van der Waals surface area contributed by atoms with Gasteiger partial charge in [-0.1, -0.05) is 96.9 Å². The first-order valence-corrected chi connectivity index (χ1v) is 16.5. The van der Waals surface area contributed by atoms with Gasteiger partial charge in [0, 0.05) is 29.1 Å². The Morgan fingerprint density at radius 3 is 2.00 bits per heavy atom. The van der Waals surface area contributed by atoms with Gasteiger partial charge in [-0.25, -0.2) is 8.42 Å². The van der Waals surface area contributed by atoms with Gasteiger partial charge in [0.1, 0.15) is 12.6 Å². The van der Waals surface area contributed by atoms with Gasteiger partial charge in [0.15, 0.2) is 0 Å². The molecule has 4 aromatic carbocycles. The summed E-state index contributed by atoms with van der Waals surface area (Å²) in [6, 6.07) is 29.6. The van der Waals surface area contributed by atoms with E-state index in [0.717, 1.165) is 9.87 Å².